The van der Waals surface area contributed by atoms with E-state index in [2.05, 4.69) is 10.2 Å². The summed E-state index contributed by atoms with van der Waals surface area (Å²) in [6, 6.07) is 9.49. The molecule has 0 aliphatic rings. The zero-order valence-corrected chi connectivity index (χ0v) is 10.5. The molecule has 3 aromatic rings. The minimum atomic E-state index is 0.495. The molecule has 0 aliphatic heterocycles. The second-order valence-corrected chi connectivity index (χ2v) is 4.44. The van der Waals surface area contributed by atoms with E-state index in [9.17, 15) is 0 Å². The van der Waals surface area contributed by atoms with Gasteiger partial charge in [0.15, 0.2) is 0 Å². The van der Waals surface area contributed by atoms with Gasteiger partial charge in [-0.3, -0.25) is 0 Å². The third kappa shape index (κ3) is 2.00. The summed E-state index contributed by atoms with van der Waals surface area (Å²) >= 11 is 1.60. The summed E-state index contributed by atoms with van der Waals surface area (Å²) in [4.78, 5) is 0. The van der Waals surface area contributed by atoms with E-state index in [1.165, 1.54) is 0 Å². The minimum Gasteiger partial charge on any atom is -0.497 e. The summed E-state index contributed by atoms with van der Waals surface area (Å²) in [6.07, 6.45) is 0. The summed E-state index contributed by atoms with van der Waals surface area (Å²) in [5, 5.41) is 12.0. The van der Waals surface area contributed by atoms with Crippen LogP contribution >= 0.6 is 11.3 Å². The molecule has 2 aromatic heterocycles. The normalized spacial score (nSPS) is 10.5. The Hall–Kier alpha value is -2.14. The minimum absolute atomic E-state index is 0.495. The lowest BCUT2D eigenvalue weighted by molar-refractivity contribution is 0.415. The molecule has 0 N–H and O–H groups in total. The fourth-order valence-corrected chi connectivity index (χ4v) is 2.23. The smallest absolute Gasteiger partial charge is 0.249 e. The molecule has 0 radical (unpaired) electrons. The third-order valence-corrected chi connectivity index (χ3v) is 3.19. The number of hydrogen-bond acceptors (Lipinski definition) is 5. The maximum atomic E-state index is 5.64. The Morgan fingerprint density at radius 1 is 1.11 bits per heavy atom. The van der Waals surface area contributed by atoms with Gasteiger partial charge in [-0.2, -0.15) is 11.3 Å². The quantitative estimate of drug-likeness (QED) is 0.721. The van der Waals surface area contributed by atoms with E-state index in [0.717, 1.165) is 16.9 Å². The van der Waals surface area contributed by atoms with Crippen molar-refractivity contribution < 1.29 is 9.15 Å². The fraction of sp³-hybridized carbons (Fsp3) is 0.0769. The lowest BCUT2D eigenvalue weighted by atomic mass is 10.2. The van der Waals surface area contributed by atoms with Gasteiger partial charge < -0.3 is 9.15 Å². The molecule has 0 atom stereocenters. The van der Waals surface area contributed by atoms with Gasteiger partial charge in [-0.05, 0) is 29.6 Å². The fourth-order valence-electron chi connectivity index (χ4n) is 1.60. The molecule has 0 aliphatic carbocycles. The van der Waals surface area contributed by atoms with Crippen molar-refractivity contribution in [2.45, 2.75) is 0 Å². The Morgan fingerprint density at radius 2 is 1.94 bits per heavy atom. The van der Waals surface area contributed by atoms with Crippen molar-refractivity contribution >= 4 is 11.3 Å². The van der Waals surface area contributed by atoms with E-state index in [1.807, 2.05) is 41.1 Å². The van der Waals surface area contributed by atoms with Crippen molar-refractivity contribution in [3.05, 3.63) is 41.1 Å². The van der Waals surface area contributed by atoms with Gasteiger partial charge >= 0.3 is 0 Å². The second kappa shape index (κ2) is 4.62. The standard InChI is InChI=1S/C13H10N2O2S/c1-16-11-4-2-3-9(7-11)12-14-15-13(17-12)10-5-6-18-8-10/h2-8H,1H3. The van der Waals surface area contributed by atoms with Crippen molar-refractivity contribution in [3.63, 3.8) is 0 Å². The Balaban J connectivity index is 1.97. The van der Waals surface area contributed by atoms with Gasteiger partial charge in [0, 0.05) is 16.5 Å². The first-order valence-corrected chi connectivity index (χ1v) is 6.31. The van der Waals surface area contributed by atoms with Crippen molar-refractivity contribution in [1.82, 2.24) is 10.2 Å². The second-order valence-electron chi connectivity index (χ2n) is 3.66. The van der Waals surface area contributed by atoms with Crippen LogP contribution in [0, 0.1) is 0 Å². The number of methoxy groups -OCH3 is 1. The van der Waals surface area contributed by atoms with Crippen molar-refractivity contribution in [1.29, 1.82) is 0 Å². The van der Waals surface area contributed by atoms with Crippen molar-refractivity contribution in [3.8, 4) is 28.7 Å². The summed E-state index contributed by atoms with van der Waals surface area (Å²) in [7, 11) is 1.63. The van der Waals surface area contributed by atoms with Gasteiger partial charge in [-0.15, -0.1) is 10.2 Å². The summed E-state index contributed by atoms with van der Waals surface area (Å²) < 4.78 is 10.8. The van der Waals surface area contributed by atoms with Crippen LogP contribution in [0.25, 0.3) is 22.9 Å². The molecule has 0 spiro atoms. The van der Waals surface area contributed by atoms with Crippen LogP contribution in [0.15, 0.2) is 45.5 Å². The van der Waals surface area contributed by atoms with Crippen LogP contribution in [-0.4, -0.2) is 17.3 Å². The Bertz CT molecular complexity index is 647. The van der Waals surface area contributed by atoms with Crippen LogP contribution in [0.1, 0.15) is 0 Å². The maximum absolute atomic E-state index is 5.64. The van der Waals surface area contributed by atoms with Crippen LogP contribution in [-0.2, 0) is 0 Å². The Morgan fingerprint density at radius 3 is 2.67 bits per heavy atom. The van der Waals surface area contributed by atoms with E-state index in [4.69, 9.17) is 9.15 Å². The Kier molecular flexibility index (Phi) is 2.82. The monoisotopic (exact) mass is 258 g/mol. The van der Waals surface area contributed by atoms with Crippen LogP contribution < -0.4 is 4.74 Å². The van der Waals surface area contributed by atoms with Gasteiger partial charge in [0.2, 0.25) is 11.8 Å². The zero-order valence-electron chi connectivity index (χ0n) is 9.66. The number of hydrogen-bond donors (Lipinski definition) is 0. The molecule has 0 unspecified atom stereocenters. The molecule has 2 heterocycles. The summed E-state index contributed by atoms with van der Waals surface area (Å²) in [5.41, 5.74) is 1.80. The van der Waals surface area contributed by atoms with Crippen LogP contribution in [0.3, 0.4) is 0 Å². The summed E-state index contributed by atoms with van der Waals surface area (Å²) in [5.74, 6) is 1.80. The van der Waals surface area contributed by atoms with Crippen LogP contribution in [0.4, 0.5) is 0 Å². The highest BCUT2D eigenvalue weighted by Gasteiger charge is 2.10. The molecular weight excluding hydrogens is 248 g/mol. The van der Waals surface area contributed by atoms with Crippen molar-refractivity contribution in [2.75, 3.05) is 7.11 Å². The largest absolute Gasteiger partial charge is 0.497 e. The van der Waals surface area contributed by atoms with Gasteiger partial charge in [0.25, 0.3) is 0 Å². The predicted octanol–water partition coefficient (Wildman–Crippen LogP) is 3.47. The molecule has 4 nitrogen and oxygen atoms in total. The molecule has 18 heavy (non-hydrogen) atoms. The highest BCUT2D eigenvalue weighted by atomic mass is 32.1. The number of benzene rings is 1. The predicted molar refractivity (Wildman–Crippen MR) is 69.6 cm³/mol. The molecular formula is C13H10N2O2S. The number of ether oxygens (including phenoxy) is 1. The third-order valence-electron chi connectivity index (χ3n) is 2.51. The summed E-state index contributed by atoms with van der Waals surface area (Å²) in [6.45, 7) is 0. The van der Waals surface area contributed by atoms with E-state index >= 15 is 0 Å². The topological polar surface area (TPSA) is 48.2 Å². The van der Waals surface area contributed by atoms with E-state index in [-0.39, 0.29) is 0 Å². The molecule has 90 valence electrons. The number of thiophene rings is 1. The average molecular weight is 258 g/mol. The van der Waals surface area contributed by atoms with Gasteiger partial charge in [-0.1, -0.05) is 6.07 Å². The highest BCUT2D eigenvalue weighted by Crippen LogP contribution is 2.27. The molecule has 3 rings (SSSR count). The average Bonchev–Trinajstić information content (AvgIpc) is 3.09. The first-order valence-electron chi connectivity index (χ1n) is 5.37. The van der Waals surface area contributed by atoms with E-state index in [1.54, 1.807) is 18.4 Å². The highest BCUT2D eigenvalue weighted by molar-refractivity contribution is 7.08. The number of nitrogens with zero attached hydrogens (tertiary/aromatic N) is 2. The lowest BCUT2D eigenvalue weighted by Gasteiger charge is -1.99. The Labute approximate surface area is 108 Å². The number of rotatable bonds is 3. The molecule has 0 amide bonds. The molecule has 0 saturated heterocycles. The maximum Gasteiger partial charge on any atom is 0.249 e. The molecule has 5 heteroatoms. The van der Waals surface area contributed by atoms with E-state index < -0.39 is 0 Å². The van der Waals surface area contributed by atoms with Crippen molar-refractivity contribution in [2.24, 2.45) is 0 Å². The van der Waals surface area contributed by atoms with Gasteiger partial charge in [0.05, 0.1) is 7.11 Å². The zero-order chi connectivity index (χ0) is 12.4. The molecule has 0 saturated carbocycles. The molecule has 1 aromatic carbocycles. The lowest BCUT2D eigenvalue weighted by Crippen LogP contribution is -1.83. The van der Waals surface area contributed by atoms with Crippen LogP contribution in [0.5, 0.6) is 5.75 Å². The SMILES string of the molecule is COc1cccc(-c2nnc(-c3ccsc3)o2)c1. The first-order chi connectivity index (χ1) is 8.86. The van der Waals surface area contributed by atoms with Gasteiger partial charge in [0.1, 0.15) is 5.75 Å². The molecule has 0 bridgehead atoms. The number of aromatic nitrogens is 2. The van der Waals surface area contributed by atoms with Crippen LogP contribution in [0.2, 0.25) is 0 Å². The first kappa shape index (κ1) is 11.0. The van der Waals surface area contributed by atoms with Gasteiger partial charge in [-0.25, -0.2) is 0 Å². The van der Waals surface area contributed by atoms with E-state index in [0.29, 0.717) is 11.8 Å². The molecule has 0 fully saturated rings.